The number of rotatable bonds is 8. The summed E-state index contributed by atoms with van der Waals surface area (Å²) in [6.07, 6.45) is 1.55. The number of nitrogens with zero attached hydrogens (tertiary/aromatic N) is 1. The molecule has 0 aliphatic rings. The van der Waals surface area contributed by atoms with Crippen molar-refractivity contribution in [3.8, 4) is 5.75 Å². The Bertz CT molecular complexity index is 472. The summed E-state index contributed by atoms with van der Waals surface area (Å²) in [7, 11) is 0. The predicted molar refractivity (Wildman–Crippen MR) is 79.9 cm³/mol. The van der Waals surface area contributed by atoms with Crippen LogP contribution in [0, 0.1) is 16.0 Å². The van der Waals surface area contributed by atoms with Gasteiger partial charge in [-0.15, -0.1) is 0 Å². The molecule has 0 saturated heterocycles. The highest BCUT2D eigenvalue weighted by Crippen LogP contribution is 2.25. The zero-order chi connectivity index (χ0) is 15.1. The number of hydrogen-bond acceptors (Lipinski definition) is 4. The van der Waals surface area contributed by atoms with Crippen molar-refractivity contribution in [2.75, 3.05) is 6.54 Å². The van der Waals surface area contributed by atoms with Gasteiger partial charge in [0.25, 0.3) is 5.69 Å². The van der Waals surface area contributed by atoms with Crippen molar-refractivity contribution >= 4 is 5.69 Å². The van der Waals surface area contributed by atoms with E-state index in [1.54, 1.807) is 18.2 Å². The third-order valence-electron chi connectivity index (χ3n) is 2.77. The molecule has 0 radical (unpaired) electrons. The molecule has 1 atom stereocenters. The zero-order valence-electron chi connectivity index (χ0n) is 12.3. The lowest BCUT2D eigenvalue weighted by Crippen LogP contribution is -2.20. The fourth-order valence-corrected chi connectivity index (χ4v) is 1.68. The van der Waals surface area contributed by atoms with Crippen LogP contribution in [0.5, 0.6) is 5.75 Å². The molecule has 0 aliphatic carbocycles. The van der Waals surface area contributed by atoms with Crippen molar-refractivity contribution in [1.29, 1.82) is 0 Å². The molecule has 0 amide bonds. The van der Waals surface area contributed by atoms with E-state index in [2.05, 4.69) is 25.7 Å². The molecule has 5 heteroatoms. The van der Waals surface area contributed by atoms with Gasteiger partial charge in [0, 0.05) is 24.2 Å². The normalized spacial score (nSPS) is 12.2. The second-order valence-electron chi connectivity index (χ2n) is 5.13. The maximum atomic E-state index is 10.9. The molecule has 0 fully saturated rings. The first kappa shape index (κ1) is 16.2. The van der Waals surface area contributed by atoms with E-state index in [1.807, 2.05) is 6.92 Å². The molecule has 0 saturated carbocycles. The second-order valence-corrected chi connectivity index (χ2v) is 5.13. The average Bonchev–Trinajstić information content (AvgIpc) is 2.39. The molecule has 0 bridgehead atoms. The molecule has 1 N–H and O–H groups in total. The fraction of sp³-hybridized carbons (Fsp3) is 0.467. The van der Waals surface area contributed by atoms with Crippen molar-refractivity contribution in [2.24, 2.45) is 5.92 Å². The van der Waals surface area contributed by atoms with Gasteiger partial charge in [0.2, 0.25) is 0 Å². The molecule has 0 aliphatic heterocycles. The van der Waals surface area contributed by atoms with E-state index in [4.69, 9.17) is 4.74 Å². The van der Waals surface area contributed by atoms with Crippen LogP contribution in [0.1, 0.15) is 26.3 Å². The van der Waals surface area contributed by atoms with Gasteiger partial charge in [0.05, 0.1) is 4.92 Å². The second kappa shape index (κ2) is 7.65. The van der Waals surface area contributed by atoms with E-state index >= 15 is 0 Å². The minimum atomic E-state index is -0.396. The summed E-state index contributed by atoms with van der Waals surface area (Å²) in [4.78, 5) is 10.5. The Morgan fingerprint density at radius 1 is 1.45 bits per heavy atom. The summed E-state index contributed by atoms with van der Waals surface area (Å²) in [5.41, 5.74) is 0.860. The van der Waals surface area contributed by atoms with Gasteiger partial charge in [0.15, 0.2) is 0 Å². The fourth-order valence-electron chi connectivity index (χ4n) is 1.68. The van der Waals surface area contributed by atoms with E-state index in [0.29, 0.717) is 18.2 Å². The first-order valence-electron chi connectivity index (χ1n) is 6.71. The van der Waals surface area contributed by atoms with Crippen LogP contribution in [-0.4, -0.2) is 17.6 Å². The highest BCUT2D eigenvalue weighted by molar-refractivity contribution is 5.44. The first-order valence-corrected chi connectivity index (χ1v) is 6.71. The summed E-state index contributed by atoms with van der Waals surface area (Å²) in [6, 6.07) is 4.65. The van der Waals surface area contributed by atoms with Crippen LogP contribution in [0.2, 0.25) is 0 Å². The monoisotopic (exact) mass is 278 g/mol. The molecule has 5 nitrogen and oxygen atoms in total. The highest BCUT2D eigenvalue weighted by Gasteiger charge is 2.13. The Balaban J connectivity index is 2.90. The summed E-state index contributed by atoms with van der Waals surface area (Å²) in [5, 5.41) is 14.1. The molecule has 1 aromatic carbocycles. The Labute approximate surface area is 119 Å². The maximum absolute atomic E-state index is 10.9. The van der Waals surface area contributed by atoms with Crippen LogP contribution in [0.15, 0.2) is 30.9 Å². The zero-order valence-corrected chi connectivity index (χ0v) is 12.3. The third-order valence-corrected chi connectivity index (χ3v) is 2.77. The molecule has 0 spiro atoms. The van der Waals surface area contributed by atoms with Gasteiger partial charge in [-0.3, -0.25) is 10.1 Å². The quantitative estimate of drug-likeness (QED) is 0.450. The Morgan fingerprint density at radius 3 is 2.70 bits per heavy atom. The lowest BCUT2D eigenvalue weighted by Gasteiger charge is -2.15. The molecule has 0 aromatic heterocycles. The predicted octanol–water partition coefficient (Wildman–Crippen LogP) is 3.29. The van der Waals surface area contributed by atoms with Gasteiger partial charge in [0.1, 0.15) is 11.9 Å². The maximum Gasteiger partial charge on any atom is 0.270 e. The average molecular weight is 278 g/mol. The van der Waals surface area contributed by atoms with Gasteiger partial charge < -0.3 is 10.1 Å². The van der Waals surface area contributed by atoms with E-state index in [9.17, 15) is 10.1 Å². The number of nitro groups is 1. The van der Waals surface area contributed by atoms with Crippen LogP contribution in [0.3, 0.4) is 0 Å². The Kier molecular flexibility index (Phi) is 6.18. The minimum Gasteiger partial charge on any atom is -0.486 e. The van der Waals surface area contributed by atoms with Crippen molar-refractivity contribution < 1.29 is 9.66 Å². The molecule has 110 valence electrons. The Morgan fingerprint density at radius 2 is 2.15 bits per heavy atom. The lowest BCUT2D eigenvalue weighted by molar-refractivity contribution is -0.384. The molecular weight excluding hydrogens is 256 g/mol. The highest BCUT2D eigenvalue weighted by atomic mass is 16.6. The van der Waals surface area contributed by atoms with E-state index < -0.39 is 4.92 Å². The number of nitrogens with one attached hydrogen (secondary N) is 1. The van der Waals surface area contributed by atoms with Crippen molar-refractivity contribution in [2.45, 2.75) is 33.4 Å². The SMILES string of the molecule is C=CC(C)Oc1ccc([N+](=O)[O-])cc1CNCC(C)C. The topological polar surface area (TPSA) is 64.4 Å². The first-order chi connectivity index (χ1) is 9.43. The molecule has 0 heterocycles. The number of hydrogen-bond donors (Lipinski definition) is 1. The summed E-state index contributed by atoms with van der Waals surface area (Å²) >= 11 is 0. The summed E-state index contributed by atoms with van der Waals surface area (Å²) < 4.78 is 5.71. The van der Waals surface area contributed by atoms with Gasteiger partial charge in [-0.2, -0.15) is 0 Å². The van der Waals surface area contributed by atoms with Crippen molar-refractivity contribution in [1.82, 2.24) is 5.32 Å². The number of nitro benzene ring substituents is 1. The van der Waals surface area contributed by atoms with Crippen molar-refractivity contribution in [3.05, 3.63) is 46.5 Å². The van der Waals surface area contributed by atoms with Crippen LogP contribution in [0.25, 0.3) is 0 Å². The van der Waals surface area contributed by atoms with Crippen molar-refractivity contribution in [3.63, 3.8) is 0 Å². The summed E-state index contributed by atoms with van der Waals surface area (Å²) in [5.74, 6) is 1.17. The van der Waals surface area contributed by atoms with Gasteiger partial charge in [-0.05, 0) is 25.5 Å². The Hall–Kier alpha value is -1.88. The molecule has 20 heavy (non-hydrogen) atoms. The minimum absolute atomic E-state index is 0.0740. The van der Waals surface area contributed by atoms with Crippen LogP contribution < -0.4 is 10.1 Å². The molecular formula is C15H22N2O3. The van der Waals surface area contributed by atoms with Gasteiger partial charge in [-0.25, -0.2) is 0 Å². The van der Waals surface area contributed by atoms with E-state index in [1.165, 1.54) is 6.07 Å². The number of non-ortho nitro benzene ring substituents is 1. The number of ether oxygens (including phenoxy) is 1. The van der Waals surface area contributed by atoms with Crippen LogP contribution in [-0.2, 0) is 6.54 Å². The van der Waals surface area contributed by atoms with Gasteiger partial charge in [-0.1, -0.05) is 26.5 Å². The largest absolute Gasteiger partial charge is 0.486 e. The van der Waals surface area contributed by atoms with Gasteiger partial charge >= 0.3 is 0 Å². The smallest absolute Gasteiger partial charge is 0.270 e. The standard InChI is InChI=1S/C15H22N2O3/c1-5-12(4)20-15-7-6-14(17(18)19)8-13(15)10-16-9-11(2)3/h5-8,11-12,16H,1,9-10H2,2-4H3. The van der Waals surface area contributed by atoms with Crippen LogP contribution in [0.4, 0.5) is 5.69 Å². The lowest BCUT2D eigenvalue weighted by atomic mass is 10.1. The molecule has 1 unspecified atom stereocenters. The summed E-state index contributed by atoms with van der Waals surface area (Å²) in [6.45, 7) is 11.1. The van der Waals surface area contributed by atoms with E-state index in [-0.39, 0.29) is 11.8 Å². The third kappa shape index (κ3) is 5.01. The van der Waals surface area contributed by atoms with Crippen LogP contribution >= 0.6 is 0 Å². The van der Waals surface area contributed by atoms with E-state index in [0.717, 1.165) is 12.1 Å². The molecule has 1 aromatic rings. The number of benzene rings is 1. The molecule has 1 rings (SSSR count).